The van der Waals surface area contributed by atoms with Crippen LogP contribution in [0.1, 0.15) is 84.6 Å². The fourth-order valence-electron chi connectivity index (χ4n) is 7.32. The highest BCUT2D eigenvalue weighted by Crippen LogP contribution is 2.36. The number of hydrogen-bond acceptors (Lipinski definition) is 7. The lowest BCUT2D eigenvalue weighted by Gasteiger charge is -2.50. The highest BCUT2D eigenvalue weighted by atomic mass is 32.2. The van der Waals surface area contributed by atoms with E-state index >= 15 is 0 Å². The number of hydrogen-bond donors (Lipinski definition) is 0. The Kier molecular flexibility index (Phi) is 11.2. The average molecular weight is 658 g/mol. The van der Waals surface area contributed by atoms with Gasteiger partial charge in [-0.3, -0.25) is 19.3 Å². The third-order valence-electron chi connectivity index (χ3n) is 10.0. The van der Waals surface area contributed by atoms with Gasteiger partial charge in [0.15, 0.2) is 11.9 Å². The van der Waals surface area contributed by atoms with Gasteiger partial charge in [-0.2, -0.15) is 4.31 Å². The van der Waals surface area contributed by atoms with Crippen molar-refractivity contribution in [2.24, 2.45) is 17.8 Å². The maximum Gasteiger partial charge on any atom is 0.260 e. The maximum atomic E-state index is 14.1. The molecule has 0 spiro atoms. The van der Waals surface area contributed by atoms with Gasteiger partial charge < -0.3 is 9.80 Å². The number of rotatable bonds is 11. The van der Waals surface area contributed by atoms with Crippen LogP contribution in [0, 0.1) is 24.7 Å². The molecule has 0 unspecified atom stereocenters. The van der Waals surface area contributed by atoms with Crippen LogP contribution in [0.15, 0.2) is 41.2 Å². The van der Waals surface area contributed by atoms with Crippen molar-refractivity contribution in [3.05, 3.63) is 41.8 Å². The molecule has 2 atom stereocenters. The summed E-state index contributed by atoms with van der Waals surface area (Å²) in [5, 5.41) is 1.90. The molecule has 0 saturated carbocycles. The van der Waals surface area contributed by atoms with E-state index in [1.54, 1.807) is 21.3 Å². The van der Waals surface area contributed by atoms with Crippen molar-refractivity contribution in [2.45, 2.75) is 109 Å². The second kappa shape index (κ2) is 14.7. The highest BCUT2D eigenvalue weighted by Gasteiger charge is 2.49. The lowest BCUT2D eigenvalue weighted by atomic mass is 9.93. The number of hydroxylamine groups is 2. The minimum Gasteiger partial charge on any atom is -0.310 e. The van der Waals surface area contributed by atoms with Gasteiger partial charge >= 0.3 is 0 Å². The van der Waals surface area contributed by atoms with Crippen molar-refractivity contribution in [3.63, 3.8) is 0 Å². The molecule has 5 rings (SSSR count). The summed E-state index contributed by atoms with van der Waals surface area (Å²) in [4.78, 5) is 40.8. The summed E-state index contributed by atoms with van der Waals surface area (Å²) in [6, 6.07) is 6.66. The van der Waals surface area contributed by atoms with Crippen molar-refractivity contribution in [1.82, 2.24) is 24.1 Å². The number of fused-ring (bicyclic) bond motifs is 1. The maximum absolute atomic E-state index is 14.1. The van der Waals surface area contributed by atoms with Crippen LogP contribution in [-0.4, -0.2) is 102 Å². The van der Waals surface area contributed by atoms with Crippen molar-refractivity contribution < 1.29 is 22.8 Å². The van der Waals surface area contributed by atoms with E-state index in [1.807, 2.05) is 35.2 Å². The summed E-state index contributed by atoms with van der Waals surface area (Å²) in [5.74, 6) is 1.54. The normalized spacial score (nSPS) is 24.7. The lowest BCUT2D eigenvalue weighted by Crippen LogP contribution is -2.64. The van der Waals surface area contributed by atoms with E-state index in [0.29, 0.717) is 49.1 Å². The average Bonchev–Trinajstić information content (AvgIpc) is 3.01. The van der Waals surface area contributed by atoms with Crippen molar-refractivity contribution in [1.29, 1.82) is 0 Å². The molecule has 3 fully saturated rings. The minimum absolute atomic E-state index is 0.0258. The fourth-order valence-corrected chi connectivity index (χ4v) is 8.79. The van der Waals surface area contributed by atoms with E-state index in [9.17, 15) is 18.0 Å². The first-order chi connectivity index (χ1) is 21.8. The van der Waals surface area contributed by atoms with Gasteiger partial charge in [-0.05, 0) is 108 Å². The third-order valence-corrected chi connectivity index (χ3v) is 12.0. The summed E-state index contributed by atoms with van der Waals surface area (Å²) in [7, 11) is -1.37. The molecule has 11 heteroatoms. The summed E-state index contributed by atoms with van der Waals surface area (Å²) in [6.07, 6.45) is 7.73. The van der Waals surface area contributed by atoms with Gasteiger partial charge in [0.2, 0.25) is 15.9 Å². The Labute approximate surface area is 276 Å². The molecule has 10 nitrogen and oxygen atoms in total. The molecule has 0 bridgehead atoms. The van der Waals surface area contributed by atoms with Crippen LogP contribution in [0.25, 0.3) is 0 Å². The van der Waals surface area contributed by atoms with Crippen LogP contribution in [0.3, 0.4) is 0 Å². The zero-order chi connectivity index (χ0) is 33.2. The molecular weight excluding hydrogens is 602 g/mol. The van der Waals surface area contributed by atoms with Gasteiger partial charge in [0.1, 0.15) is 6.04 Å². The SMILES string of the molecule is Cc1ccc(S(=O)(=O)N2CCC(CCCN3O[C@H](CC(C)C)C(=O)N4C3=CN(C3CCN(C)CC3)C(=O)[C@@H]4CC(C)C)CC2)cc1. The van der Waals surface area contributed by atoms with Crippen molar-refractivity contribution in [3.8, 4) is 0 Å². The number of carbonyl (C=O) groups is 2. The minimum atomic E-state index is -3.49. The van der Waals surface area contributed by atoms with Crippen LogP contribution >= 0.6 is 0 Å². The third kappa shape index (κ3) is 7.80. The zero-order valence-electron chi connectivity index (χ0n) is 28.7. The van der Waals surface area contributed by atoms with Crippen LogP contribution in [0.4, 0.5) is 0 Å². The molecule has 0 N–H and O–H groups in total. The van der Waals surface area contributed by atoms with Gasteiger partial charge in [0, 0.05) is 25.7 Å². The molecule has 4 aliphatic rings. The molecule has 3 saturated heterocycles. The Balaban J connectivity index is 1.29. The largest absolute Gasteiger partial charge is 0.310 e. The predicted octanol–water partition coefficient (Wildman–Crippen LogP) is 4.82. The first-order valence-corrected chi connectivity index (χ1v) is 18.9. The van der Waals surface area contributed by atoms with E-state index in [2.05, 4.69) is 39.6 Å². The molecule has 4 aliphatic heterocycles. The predicted molar refractivity (Wildman–Crippen MR) is 178 cm³/mol. The quantitative estimate of drug-likeness (QED) is 0.337. The second-order valence-corrected chi connectivity index (χ2v) is 16.7. The van der Waals surface area contributed by atoms with Gasteiger partial charge in [0.05, 0.1) is 11.1 Å². The molecule has 46 heavy (non-hydrogen) atoms. The number of likely N-dealkylation sites (tertiary alicyclic amines) is 1. The summed E-state index contributed by atoms with van der Waals surface area (Å²) in [5.41, 5.74) is 1.04. The van der Waals surface area contributed by atoms with Gasteiger partial charge in [-0.15, -0.1) is 0 Å². The van der Waals surface area contributed by atoms with E-state index in [1.165, 1.54) is 0 Å². The molecule has 4 heterocycles. The number of nitrogens with zero attached hydrogens (tertiary/aromatic N) is 5. The molecule has 1 aromatic carbocycles. The van der Waals surface area contributed by atoms with Crippen molar-refractivity contribution >= 4 is 21.8 Å². The Morgan fingerprint density at radius 3 is 2.11 bits per heavy atom. The second-order valence-electron chi connectivity index (χ2n) is 14.7. The van der Waals surface area contributed by atoms with Crippen LogP contribution < -0.4 is 0 Å². The number of sulfonamides is 1. The first kappa shape index (κ1) is 34.9. The fraction of sp³-hybridized carbons (Fsp3) is 0.714. The van der Waals surface area contributed by atoms with Crippen LogP contribution in [-0.2, 0) is 24.4 Å². The zero-order valence-corrected chi connectivity index (χ0v) is 29.5. The van der Waals surface area contributed by atoms with Crippen molar-refractivity contribution in [2.75, 3.05) is 39.8 Å². The first-order valence-electron chi connectivity index (χ1n) is 17.4. The molecule has 2 amide bonds. The number of carbonyl (C=O) groups excluding carboxylic acids is 2. The highest BCUT2D eigenvalue weighted by molar-refractivity contribution is 7.89. The summed E-state index contributed by atoms with van der Waals surface area (Å²) >= 11 is 0. The topological polar surface area (TPSA) is 93.7 Å². The van der Waals surface area contributed by atoms with Gasteiger partial charge in [-0.1, -0.05) is 45.4 Å². The monoisotopic (exact) mass is 657 g/mol. The Morgan fingerprint density at radius 2 is 1.50 bits per heavy atom. The summed E-state index contributed by atoms with van der Waals surface area (Å²) < 4.78 is 28.0. The smallest absolute Gasteiger partial charge is 0.260 e. The number of benzene rings is 1. The van der Waals surface area contributed by atoms with E-state index < -0.39 is 22.2 Å². The van der Waals surface area contributed by atoms with Crippen LogP contribution in [0.5, 0.6) is 0 Å². The molecule has 256 valence electrons. The molecule has 0 aliphatic carbocycles. The standard InChI is InChI=1S/C35H55N5O5S/c1-25(2)22-31-34(41)38(29-15-18-36(6)19-16-29)24-33-39(45-32(23-26(3)4)35(42)40(31)33)17-7-8-28-13-20-37(21-14-28)46(43,44)30-11-9-27(5)10-12-30/h9-12,24-26,28-29,31-32H,7-8,13-23H2,1-6H3/t31-,32+/m0/s1. The Bertz CT molecular complexity index is 1350. The van der Waals surface area contributed by atoms with E-state index in [0.717, 1.165) is 57.2 Å². The van der Waals surface area contributed by atoms with Crippen LogP contribution in [0.2, 0.25) is 0 Å². The Morgan fingerprint density at radius 1 is 0.870 bits per heavy atom. The molecular formula is C35H55N5O5S. The molecule has 0 radical (unpaired) electrons. The van der Waals surface area contributed by atoms with E-state index in [4.69, 9.17) is 4.84 Å². The number of piperidine rings is 2. The van der Waals surface area contributed by atoms with Gasteiger partial charge in [0.25, 0.3) is 5.91 Å². The summed E-state index contributed by atoms with van der Waals surface area (Å²) in [6.45, 7) is 13.9. The molecule has 0 aromatic heterocycles. The number of amides is 2. The lowest BCUT2D eigenvalue weighted by molar-refractivity contribution is -0.232. The van der Waals surface area contributed by atoms with Gasteiger partial charge in [-0.25, -0.2) is 13.5 Å². The Hall–Kier alpha value is -2.47. The number of aryl methyl sites for hydroxylation is 1. The van der Waals surface area contributed by atoms with E-state index in [-0.39, 0.29) is 29.7 Å². The molecule has 1 aromatic rings.